The maximum atomic E-state index is 11.3. The van der Waals surface area contributed by atoms with Crippen molar-refractivity contribution in [1.29, 1.82) is 0 Å². The molecule has 0 aromatic rings. The summed E-state index contributed by atoms with van der Waals surface area (Å²) in [5.41, 5.74) is 0. The first kappa shape index (κ1) is 11.8. The third kappa shape index (κ3) is 3.77. The van der Waals surface area contributed by atoms with Crippen molar-refractivity contribution in [3.8, 4) is 0 Å². The molecule has 1 unspecified atom stereocenters. The van der Waals surface area contributed by atoms with Gasteiger partial charge in [0.15, 0.2) is 0 Å². The van der Waals surface area contributed by atoms with Gasteiger partial charge in [-0.25, -0.2) is 4.79 Å². The molecule has 0 aromatic carbocycles. The maximum absolute atomic E-state index is 11.3. The fraction of sp³-hybridized carbons (Fsp3) is 0.800. The highest BCUT2D eigenvalue weighted by Gasteiger charge is 2.27. The third-order valence-corrected chi connectivity index (χ3v) is 2.58. The van der Waals surface area contributed by atoms with Gasteiger partial charge in [-0.15, -0.1) is 0 Å². The minimum atomic E-state index is -0.774. The van der Waals surface area contributed by atoms with Crippen LogP contribution >= 0.6 is 0 Å². The lowest BCUT2D eigenvalue weighted by molar-refractivity contribution is -0.137. The Labute approximate surface area is 89.0 Å². The molecule has 0 spiro atoms. The Balaban J connectivity index is 2.26. The van der Waals surface area contributed by atoms with Crippen molar-refractivity contribution in [1.82, 2.24) is 4.90 Å². The molecule has 86 valence electrons. The van der Waals surface area contributed by atoms with Crippen molar-refractivity contribution in [3.63, 3.8) is 0 Å². The second-order valence-electron chi connectivity index (χ2n) is 3.73. The van der Waals surface area contributed by atoms with Crippen LogP contribution in [-0.2, 0) is 9.53 Å². The lowest BCUT2D eigenvalue weighted by Gasteiger charge is -2.15. The highest BCUT2D eigenvalue weighted by atomic mass is 16.6. The van der Waals surface area contributed by atoms with Gasteiger partial charge in [-0.2, -0.15) is 0 Å². The monoisotopic (exact) mass is 215 g/mol. The van der Waals surface area contributed by atoms with Crippen molar-refractivity contribution < 1.29 is 19.4 Å². The summed E-state index contributed by atoms with van der Waals surface area (Å²) in [4.78, 5) is 23.3. The summed E-state index contributed by atoms with van der Waals surface area (Å²) in [6.07, 6.45) is 1.42. The van der Waals surface area contributed by atoms with E-state index in [1.807, 2.05) is 0 Å². The lowest BCUT2D eigenvalue weighted by atomic mass is 10.0. The number of rotatable bonds is 4. The Morgan fingerprint density at radius 3 is 2.87 bits per heavy atom. The van der Waals surface area contributed by atoms with Gasteiger partial charge in [0.25, 0.3) is 0 Å². The molecule has 0 bridgehead atoms. The van der Waals surface area contributed by atoms with Crippen molar-refractivity contribution in [2.75, 3.05) is 19.7 Å². The summed E-state index contributed by atoms with van der Waals surface area (Å²) in [6, 6.07) is 0. The first-order chi connectivity index (χ1) is 7.13. The molecule has 1 N–H and O–H groups in total. The van der Waals surface area contributed by atoms with Crippen molar-refractivity contribution >= 4 is 12.1 Å². The van der Waals surface area contributed by atoms with E-state index in [-0.39, 0.29) is 12.5 Å². The van der Waals surface area contributed by atoms with Gasteiger partial charge in [-0.3, -0.25) is 4.79 Å². The summed E-state index contributed by atoms with van der Waals surface area (Å²) < 4.78 is 4.87. The molecule has 1 atom stereocenters. The second kappa shape index (κ2) is 5.58. The lowest BCUT2D eigenvalue weighted by Crippen LogP contribution is -2.29. The molecule has 1 amide bonds. The Kier molecular flexibility index (Phi) is 4.39. The molecule has 1 rings (SSSR count). The van der Waals surface area contributed by atoms with E-state index in [0.717, 1.165) is 6.42 Å². The van der Waals surface area contributed by atoms with Crippen LogP contribution in [0.5, 0.6) is 0 Å². The first-order valence-corrected chi connectivity index (χ1v) is 5.27. The molecule has 5 heteroatoms. The zero-order valence-electron chi connectivity index (χ0n) is 8.94. The molecule has 1 heterocycles. The van der Waals surface area contributed by atoms with Gasteiger partial charge in [0, 0.05) is 19.5 Å². The van der Waals surface area contributed by atoms with E-state index >= 15 is 0 Å². The number of hydrogen-bond donors (Lipinski definition) is 1. The Morgan fingerprint density at radius 2 is 2.27 bits per heavy atom. The van der Waals surface area contributed by atoms with Crippen LogP contribution in [0.15, 0.2) is 0 Å². The molecule has 0 aromatic heterocycles. The molecule has 0 aliphatic carbocycles. The highest BCUT2D eigenvalue weighted by molar-refractivity contribution is 5.68. The summed E-state index contributed by atoms with van der Waals surface area (Å²) in [6.45, 7) is 3.47. The first-order valence-electron chi connectivity index (χ1n) is 5.27. The number of carboxylic acids is 1. The van der Waals surface area contributed by atoms with Gasteiger partial charge in [0.1, 0.15) is 0 Å². The number of likely N-dealkylation sites (tertiary alicyclic amines) is 1. The van der Waals surface area contributed by atoms with Crippen LogP contribution in [0.3, 0.4) is 0 Å². The van der Waals surface area contributed by atoms with Gasteiger partial charge in [-0.1, -0.05) is 0 Å². The molecule has 1 saturated heterocycles. The average molecular weight is 215 g/mol. The summed E-state index contributed by atoms with van der Waals surface area (Å²) >= 11 is 0. The summed E-state index contributed by atoms with van der Waals surface area (Å²) in [5, 5.41) is 8.53. The third-order valence-electron chi connectivity index (χ3n) is 2.58. The summed E-state index contributed by atoms with van der Waals surface area (Å²) in [5.74, 6) is -0.463. The fourth-order valence-corrected chi connectivity index (χ4v) is 1.78. The largest absolute Gasteiger partial charge is 0.481 e. The van der Waals surface area contributed by atoms with Crippen LogP contribution in [0.1, 0.15) is 26.2 Å². The van der Waals surface area contributed by atoms with Gasteiger partial charge < -0.3 is 14.7 Å². The Morgan fingerprint density at radius 1 is 1.53 bits per heavy atom. The van der Waals surface area contributed by atoms with E-state index in [1.54, 1.807) is 11.8 Å². The Bertz CT molecular complexity index is 242. The SMILES string of the molecule is CCOC(=O)N1CCC(CCC(=O)O)C1. The standard InChI is InChI=1S/C10H17NO4/c1-2-15-10(14)11-6-5-8(7-11)3-4-9(12)13/h8H,2-7H2,1H3,(H,12,13). The number of carbonyl (C=O) groups is 2. The number of carbonyl (C=O) groups excluding carboxylic acids is 1. The van der Waals surface area contributed by atoms with Crippen molar-refractivity contribution in [3.05, 3.63) is 0 Å². The smallest absolute Gasteiger partial charge is 0.409 e. The van der Waals surface area contributed by atoms with Crippen molar-refractivity contribution in [2.45, 2.75) is 26.2 Å². The highest BCUT2D eigenvalue weighted by Crippen LogP contribution is 2.21. The Hall–Kier alpha value is -1.26. The molecule has 1 aliphatic heterocycles. The molecule has 1 fully saturated rings. The van der Waals surface area contributed by atoms with E-state index in [2.05, 4.69) is 0 Å². The van der Waals surface area contributed by atoms with Crippen LogP contribution in [0.2, 0.25) is 0 Å². The van der Waals surface area contributed by atoms with Gasteiger partial charge in [0.2, 0.25) is 0 Å². The van der Waals surface area contributed by atoms with Gasteiger partial charge >= 0.3 is 12.1 Å². The van der Waals surface area contributed by atoms with Crippen LogP contribution in [0, 0.1) is 5.92 Å². The number of carboxylic acid groups (broad SMARTS) is 1. The minimum Gasteiger partial charge on any atom is -0.481 e. The van der Waals surface area contributed by atoms with E-state index < -0.39 is 5.97 Å². The molecule has 0 saturated carbocycles. The molecule has 0 radical (unpaired) electrons. The fourth-order valence-electron chi connectivity index (χ4n) is 1.78. The quantitative estimate of drug-likeness (QED) is 0.768. The van der Waals surface area contributed by atoms with Crippen LogP contribution < -0.4 is 0 Å². The molecule has 1 aliphatic rings. The van der Waals surface area contributed by atoms with Crippen LogP contribution in [-0.4, -0.2) is 41.8 Å². The zero-order valence-corrected chi connectivity index (χ0v) is 8.94. The van der Waals surface area contributed by atoms with E-state index in [9.17, 15) is 9.59 Å². The molecule has 5 nitrogen and oxygen atoms in total. The van der Waals surface area contributed by atoms with Gasteiger partial charge in [0.05, 0.1) is 6.61 Å². The number of aliphatic carboxylic acids is 1. The maximum Gasteiger partial charge on any atom is 0.409 e. The average Bonchev–Trinajstić information content (AvgIpc) is 2.63. The van der Waals surface area contributed by atoms with Crippen LogP contribution in [0.25, 0.3) is 0 Å². The van der Waals surface area contributed by atoms with E-state index in [4.69, 9.17) is 9.84 Å². The number of nitrogens with zero attached hydrogens (tertiary/aromatic N) is 1. The van der Waals surface area contributed by atoms with Gasteiger partial charge in [-0.05, 0) is 25.7 Å². The number of ether oxygens (including phenoxy) is 1. The number of hydrogen-bond acceptors (Lipinski definition) is 3. The number of amides is 1. The predicted octanol–water partition coefficient (Wildman–Crippen LogP) is 1.33. The second-order valence-corrected chi connectivity index (χ2v) is 3.73. The van der Waals surface area contributed by atoms with Crippen molar-refractivity contribution in [2.24, 2.45) is 5.92 Å². The zero-order chi connectivity index (χ0) is 11.3. The minimum absolute atomic E-state index is 0.182. The predicted molar refractivity (Wildman–Crippen MR) is 53.6 cm³/mol. The molecular formula is C10H17NO4. The topological polar surface area (TPSA) is 66.8 Å². The van der Waals surface area contributed by atoms with Crippen LogP contribution in [0.4, 0.5) is 4.79 Å². The van der Waals surface area contributed by atoms with E-state index in [0.29, 0.717) is 32.0 Å². The molecule has 15 heavy (non-hydrogen) atoms. The normalized spacial score (nSPS) is 20.3. The molecular weight excluding hydrogens is 198 g/mol. The summed E-state index contributed by atoms with van der Waals surface area (Å²) in [7, 11) is 0. The van der Waals surface area contributed by atoms with E-state index in [1.165, 1.54) is 0 Å².